The van der Waals surface area contributed by atoms with Crippen molar-refractivity contribution >= 4 is 44.5 Å². The zero-order valence-electron chi connectivity index (χ0n) is 13.0. The molecule has 6 nitrogen and oxygen atoms in total. The standard InChI is InChI=1S/C16H15ClN2O4S/c1-8-3-9(16(20)23-2)5-13-14(8)19-15-10(7-24(13,21)22)4-11(18)6-12(15)17/h3-6,19H,7,18H2,1-2H3. The molecule has 3 rings (SSSR count). The van der Waals surface area contributed by atoms with E-state index < -0.39 is 15.8 Å². The Hall–Kier alpha value is -2.25. The number of aryl methyl sites for hydroxylation is 1. The van der Waals surface area contributed by atoms with Gasteiger partial charge in [0.1, 0.15) is 0 Å². The second-order valence-electron chi connectivity index (χ2n) is 5.58. The molecule has 1 heterocycles. The van der Waals surface area contributed by atoms with Gasteiger partial charge in [0.15, 0.2) is 9.84 Å². The largest absolute Gasteiger partial charge is 0.465 e. The van der Waals surface area contributed by atoms with Gasteiger partial charge in [-0.15, -0.1) is 0 Å². The van der Waals surface area contributed by atoms with E-state index in [4.69, 9.17) is 17.3 Å². The number of halogens is 1. The maximum absolute atomic E-state index is 12.8. The molecule has 8 heteroatoms. The van der Waals surface area contributed by atoms with Gasteiger partial charge in [0, 0.05) is 5.69 Å². The van der Waals surface area contributed by atoms with Crippen LogP contribution in [0, 0.1) is 6.92 Å². The predicted octanol–water partition coefficient (Wildman–Crippen LogP) is 3.05. The first-order valence-corrected chi connectivity index (χ1v) is 9.06. The van der Waals surface area contributed by atoms with E-state index in [0.717, 1.165) is 0 Å². The number of hydrogen-bond donors (Lipinski definition) is 2. The van der Waals surface area contributed by atoms with Crippen LogP contribution in [0.3, 0.4) is 0 Å². The average Bonchev–Trinajstić information content (AvgIpc) is 2.60. The fourth-order valence-electron chi connectivity index (χ4n) is 2.74. The molecule has 0 amide bonds. The second-order valence-corrected chi connectivity index (χ2v) is 7.94. The van der Waals surface area contributed by atoms with E-state index in [2.05, 4.69) is 10.1 Å². The van der Waals surface area contributed by atoms with Crippen molar-refractivity contribution in [1.82, 2.24) is 0 Å². The van der Waals surface area contributed by atoms with Crippen molar-refractivity contribution in [1.29, 1.82) is 0 Å². The summed E-state index contributed by atoms with van der Waals surface area (Å²) < 4.78 is 30.3. The highest BCUT2D eigenvalue weighted by molar-refractivity contribution is 7.90. The molecule has 3 N–H and O–H groups in total. The molecule has 0 aliphatic carbocycles. The van der Waals surface area contributed by atoms with E-state index in [1.807, 2.05) is 0 Å². The molecule has 0 unspecified atom stereocenters. The van der Waals surface area contributed by atoms with Crippen LogP contribution in [0.5, 0.6) is 0 Å². The van der Waals surface area contributed by atoms with Crippen molar-refractivity contribution in [3.63, 3.8) is 0 Å². The number of rotatable bonds is 1. The number of ether oxygens (including phenoxy) is 1. The maximum Gasteiger partial charge on any atom is 0.337 e. The lowest BCUT2D eigenvalue weighted by Crippen LogP contribution is -2.09. The van der Waals surface area contributed by atoms with E-state index in [9.17, 15) is 13.2 Å². The topological polar surface area (TPSA) is 98.5 Å². The summed E-state index contributed by atoms with van der Waals surface area (Å²) >= 11 is 6.22. The molecule has 0 fully saturated rings. The van der Waals surface area contributed by atoms with Crippen molar-refractivity contribution in [2.75, 3.05) is 18.2 Å². The molecule has 1 aliphatic rings. The predicted molar refractivity (Wildman–Crippen MR) is 92.6 cm³/mol. The lowest BCUT2D eigenvalue weighted by molar-refractivity contribution is 0.0600. The van der Waals surface area contributed by atoms with Crippen molar-refractivity contribution in [3.05, 3.63) is 46.0 Å². The number of carbonyl (C=O) groups excluding carboxylic acids is 1. The number of benzene rings is 2. The van der Waals surface area contributed by atoms with Crippen LogP contribution in [0.4, 0.5) is 17.1 Å². The summed E-state index contributed by atoms with van der Waals surface area (Å²) in [5.74, 6) is -0.864. The Balaban J connectivity index is 2.29. The summed E-state index contributed by atoms with van der Waals surface area (Å²) in [6, 6.07) is 6.03. The zero-order valence-corrected chi connectivity index (χ0v) is 14.6. The van der Waals surface area contributed by atoms with Gasteiger partial charge in [0.2, 0.25) is 0 Å². The number of anilines is 3. The number of fused-ring (bicyclic) bond motifs is 2. The van der Waals surface area contributed by atoms with Gasteiger partial charge in [-0.1, -0.05) is 11.6 Å². The van der Waals surface area contributed by atoms with Crippen LogP contribution in [0.25, 0.3) is 0 Å². The third kappa shape index (κ3) is 2.70. The van der Waals surface area contributed by atoms with E-state index in [1.165, 1.54) is 13.2 Å². The van der Waals surface area contributed by atoms with Crippen LogP contribution in [-0.4, -0.2) is 21.5 Å². The van der Waals surface area contributed by atoms with Gasteiger partial charge in [-0.2, -0.15) is 0 Å². The molecule has 0 atom stereocenters. The van der Waals surface area contributed by atoms with Crippen LogP contribution in [0.15, 0.2) is 29.2 Å². The monoisotopic (exact) mass is 366 g/mol. The van der Waals surface area contributed by atoms with Crippen molar-refractivity contribution in [2.24, 2.45) is 0 Å². The fourth-order valence-corrected chi connectivity index (χ4v) is 4.66. The van der Waals surface area contributed by atoms with Gasteiger partial charge in [-0.05, 0) is 42.3 Å². The van der Waals surface area contributed by atoms with Gasteiger partial charge >= 0.3 is 5.97 Å². The number of methoxy groups -OCH3 is 1. The third-order valence-corrected chi connectivity index (χ3v) is 5.83. The molecule has 0 aromatic heterocycles. The number of esters is 1. The molecule has 2 aromatic rings. The highest BCUT2D eigenvalue weighted by Gasteiger charge is 2.29. The fraction of sp³-hybridized carbons (Fsp3) is 0.188. The normalized spacial score (nSPS) is 14.8. The Morgan fingerprint density at radius 3 is 2.62 bits per heavy atom. The minimum Gasteiger partial charge on any atom is -0.465 e. The third-order valence-electron chi connectivity index (χ3n) is 3.85. The molecule has 0 radical (unpaired) electrons. The number of nitrogens with one attached hydrogen (secondary N) is 1. The van der Waals surface area contributed by atoms with Crippen LogP contribution < -0.4 is 11.1 Å². The molecule has 0 saturated carbocycles. The van der Waals surface area contributed by atoms with Crippen LogP contribution >= 0.6 is 11.6 Å². The minimum absolute atomic E-state index is 0.0359. The average molecular weight is 367 g/mol. The summed E-state index contributed by atoms with van der Waals surface area (Å²) in [7, 11) is -2.45. The molecule has 2 aromatic carbocycles. The smallest absolute Gasteiger partial charge is 0.337 e. The Labute approximate surface area is 144 Å². The number of hydrogen-bond acceptors (Lipinski definition) is 6. The number of nitrogen functional groups attached to an aromatic ring is 1. The first kappa shape index (κ1) is 16.6. The lowest BCUT2D eigenvalue weighted by Gasteiger charge is -2.14. The highest BCUT2D eigenvalue weighted by atomic mass is 35.5. The number of carbonyl (C=O) groups is 1. The summed E-state index contributed by atoms with van der Waals surface area (Å²) in [4.78, 5) is 11.8. The van der Waals surface area contributed by atoms with Gasteiger partial charge in [0.25, 0.3) is 0 Å². The maximum atomic E-state index is 12.8. The molecule has 0 saturated heterocycles. The molecule has 24 heavy (non-hydrogen) atoms. The van der Waals surface area contributed by atoms with Gasteiger partial charge in [-0.3, -0.25) is 0 Å². The Morgan fingerprint density at radius 1 is 1.25 bits per heavy atom. The summed E-state index contributed by atoms with van der Waals surface area (Å²) in [6.07, 6.45) is 0. The summed E-state index contributed by atoms with van der Waals surface area (Å²) in [6.45, 7) is 1.71. The minimum atomic E-state index is -3.70. The molecule has 1 aliphatic heterocycles. The molecule has 0 bridgehead atoms. The van der Waals surface area contributed by atoms with Crippen molar-refractivity contribution in [3.8, 4) is 0 Å². The van der Waals surface area contributed by atoms with E-state index in [1.54, 1.807) is 25.1 Å². The Bertz CT molecular complexity index is 971. The Kier molecular flexibility index (Phi) is 3.93. The lowest BCUT2D eigenvalue weighted by atomic mass is 10.1. The van der Waals surface area contributed by atoms with E-state index in [-0.39, 0.29) is 16.2 Å². The van der Waals surface area contributed by atoms with Crippen LogP contribution in [-0.2, 0) is 20.3 Å². The SMILES string of the molecule is COC(=O)c1cc(C)c2c(c1)S(=O)(=O)Cc1cc(N)cc(Cl)c1N2. The highest BCUT2D eigenvalue weighted by Crippen LogP contribution is 2.41. The van der Waals surface area contributed by atoms with Gasteiger partial charge in [0.05, 0.1) is 39.7 Å². The molecular formula is C16H15ClN2O4S. The zero-order chi connectivity index (χ0) is 17.6. The molecular weight excluding hydrogens is 352 g/mol. The first-order valence-electron chi connectivity index (χ1n) is 7.03. The Morgan fingerprint density at radius 2 is 1.96 bits per heavy atom. The van der Waals surface area contributed by atoms with Gasteiger partial charge in [-0.25, -0.2) is 13.2 Å². The summed E-state index contributed by atoms with van der Waals surface area (Å²) in [5, 5.41) is 3.43. The second kappa shape index (κ2) is 5.68. The van der Waals surface area contributed by atoms with Crippen LogP contribution in [0.2, 0.25) is 5.02 Å². The summed E-state index contributed by atoms with van der Waals surface area (Å²) in [5.41, 5.74) is 8.31. The van der Waals surface area contributed by atoms with E-state index in [0.29, 0.717) is 33.2 Å². The van der Waals surface area contributed by atoms with Crippen molar-refractivity contribution < 1.29 is 17.9 Å². The van der Waals surface area contributed by atoms with E-state index >= 15 is 0 Å². The molecule has 126 valence electrons. The number of sulfone groups is 1. The quantitative estimate of drug-likeness (QED) is 0.594. The first-order chi connectivity index (χ1) is 11.2. The van der Waals surface area contributed by atoms with Crippen molar-refractivity contribution in [2.45, 2.75) is 17.6 Å². The number of nitrogens with two attached hydrogens (primary N) is 1. The molecule has 0 spiro atoms. The van der Waals surface area contributed by atoms with Crippen LogP contribution in [0.1, 0.15) is 21.5 Å². The van der Waals surface area contributed by atoms with Gasteiger partial charge < -0.3 is 15.8 Å².